The number of urea groups is 1. The quantitative estimate of drug-likeness (QED) is 0.720. The number of hydrogen-bond donors (Lipinski definition) is 1. The molecular weight excluding hydrogens is 370 g/mol. The molecule has 0 spiro atoms. The fourth-order valence-electron chi connectivity index (χ4n) is 3.71. The first kappa shape index (κ1) is 19.1. The van der Waals surface area contributed by atoms with Crippen LogP contribution in [0.4, 0.5) is 4.79 Å². The number of carbonyl (C=O) groups is 1. The van der Waals surface area contributed by atoms with E-state index >= 15 is 0 Å². The van der Waals surface area contributed by atoms with Gasteiger partial charge in [0, 0.05) is 38.6 Å². The van der Waals surface area contributed by atoms with E-state index in [9.17, 15) is 9.59 Å². The van der Waals surface area contributed by atoms with Crippen LogP contribution in [0, 0.1) is 5.92 Å². The number of piperidine rings is 1. The number of ether oxygens (including phenoxy) is 1. The summed E-state index contributed by atoms with van der Waals surface area (Å²) in [5.74, 6) is 1.14. The molecule has 29 heavy (non-hydrogen) atoms. The molecule has 0 unspecified atom stereocenters. The van der Waals surface area contributed by atoms with E-state index < -0.39 is 0 Å². The number of amides is 2. The lowest BCUT2D eigenvalue weighted by Gasteiger charge is -2.31. The normalized spacial score (nSPS) is 14.9. The van der Waals surface area contributed by atoms with Crippen molar-refractivity contribution in [3.05, 3.63) is 65.0 Å². The molecule has 2 aromatic heterocycles. The average Bonchev–Trinajstić information content (AvgIpc) is 3.15. The molecule has 1 aromatic carbocycles. The standard InChI is InChI=1S/C22H25N3O4/c1-23-22(27)25-8-6-16(7-9-25)14-29-21-15-28-19(10-20(21)26)13-24-11-17-4-2-3-5-18(17)12-24/h2-5,10-12,15-16H,6-9,13-14H2,1H3,(H,23,27). The van der Waals surface area contributed by atoms with E-state index in [1.165, 1.54) is 12.3 Å². The molecule has 0 aliphatic carbocycles. The van der Waals surface area contributed by atoms with Gasteiger partial charge in [-0.2, -0.15) is 0 Å². The fraction of sp³-hybridized carbons (Fsp3) is 0.364. The molecule has 0 saturated carbocycles. The second-order valence-electron chi connectivity index (χ2n) is 7.43. The minimum Gasteiger partial charge on any atom is -0.486 e. The summed E-state index contributed by atoms with van der Waals surface area (Å²) in [5, 5.41) is 4.95. The van der Waals surface area contributed by atoms with Gasteiger partial charge in [0.1, 0.15) is 12.0 Å². The molecular formula is C22H25N3O4. The molecule has 0 bridgehead atoms. The van der Waals surface area contributed by atoms with Crippen molar-refractivity contribution in [1.29, 1.82) is 0 Å². The smallest absolute Gasteiger partial charge is 0.317 e. The first-order valence-electron chi connectivity index (χ1n) is 9.88. The summed E-state index contributed by atoms with van der Waals surface area (Å²) in [5.41, 5.74) is -0.175. The Morgan fingerprint density at radius 2 is 1.90 bits per heavy atom. The predicted molar refractivity (Wildman–Crippen MR) is 110 cm³/mol. The van der Waals surface area contributed by atoms with Gasteiger partial charge in [-0.15, -0.1) is 0 Å². The van der Waals surface area contributed by atoms with Crippen LogP contribution in [0.3, 0.4) is 0 Å². The van der Waals surface area contributed by atoms with Crippen molar-refractivity contribution >= 4 is 16.8 Å². The van der Waals surface area contributed by atoms with Crippen molar-refractivity contribution in [3.8, 4) is 5.75 Å². The van der Waals surface area contributed by atoms with Gasteiger partial charge >= 0.3 is 6.03 Å². The Hall–Kier alpha value is -3.22. The van der Waals surface area contributed by atoms with Crippen LogP contribution in [0.15, 0.2) is 58.2 Å². The monoisotopic (exact) mass is 395 g/mol. The highest BCUT2D eigenvalue weighted by Crippen LogP contribution is 2.19. The molecule has 0 radical (unpaired) electrons. The molecule has 7 nitrogen and oxygen atoms in total. The predicted octanol–water partition coefficient (Wildman–Crippen LogP) is 3.07. The van der Waals surface area contributed by atoms with Crippen LogP contribution in [-0.4, -0.2) is 42.2 Å². The highest BCUT2D eigenvalue weighted by atomic mass is 16.5. The van der Waals surface area contributed by atoms with Crippen LogP contribution in [0.25, 0.3) is 10.8 Å². The molecule has 1 fully saturated rings. The van der Waals surface area contributed by atoms with Crippen LogP contribution in [-0.2, 0) is 6.54 Å². The summed E-state index contributed by atoms with van der Waals surface area (Å²) in [6.07, 6.45) is 7.19. The van der Waals surface area contributed by atoms with Crippen molar-refractivity contribution < 1.29 is 13.9 Å². The van der Waals surface area contributed by atoms with Gasteiger partial charge in [0.25, 0.3) is 0 Å². The Balaban J connectivity index is 1.33. The van der Waals surface area contributed by atoms with E-state index in [1.54, 1.807) is 11.9 Å². The first-order chi connectivity index (χ1) is 14.1. The van der Waals surface area contributed by atoms with Gasteiger partial charge in [-0.05, 0) is 29.5 Å². The summed E-state index contributed by atoms with van der Waals surface area (Å²) in [6.45, 7) is 2.34. The summed E-state index contributed by atoms with van der Waals surface area (Å²) in [6, 6.07) is 9.56. The number of nitrogens with zero attached hydrogens (tertiary/aromatic N) is 2. The Morgan fingerprint density at radius 1 is 1.21 bits per heavy atom. The first-order valence-corrected chi connectivity index (χ1v) is 9.88. The third-order valence-electron chi connectivity index (χ3n) is 5.39. The maximum atomic E-state index is 12.4. The van der Waals surface area contributed by atoms with Gasteiger partial charge in [-0.3, -0.25) is 4.79 Å². The van der Waals surface area contributed by atoms with E-state index in [2.05, 4.69) is 17.4 Å². The lowest BCUT2D eigenvalue weighted by atomic mass is 9.98. The molecule has 1 aliphatic heterocycles. The average molecular weight is 395 g/mol. The van der Waals surface area contributed by atoms with Gasteiger partial charge < -0.3 is 23.9 Å². The Bertz CT molecular complexity index is 1010. The van der Waals surface area contributed by atoms with E-state index in [4.69, 9.17) is 9.15 Å². The molecule has 152 valence electrons. The summed E-state index contributed by atoms with van der Waals surface area (Å²) in [4.78, 5) is 25.8. The number of nitrogens with one attached hydrogen (secondary N) is 1. The number of hydrogen-bond acceptors (Lipinski definition) is 4. The molecule has 1 saturated heterocycles. The van der Waals surface area contributed by atoms with Crippen LogP contribution in [0.2, 0.25) is 0 Å². The molecule has 0 atom stereocenters. The van der Waals surface area contributed by atoms with E-state index in [-0.39, 0.29) is 17.2 Å². The summed E-state index contributed by atoms with van der Waals surface area (Å²) >= 11 is 0. The molecule has 3 aromatic rings. The van der Waals surface area contributed by atoms with E-state index in [0.717, 1.165) is 23.6 Å². The third kappa shape index (κ3) is 4.45. The van der Waals surface area contributed by atoms with E-state index in [0.29, 0.717) is 37.9 Å². The van der Waals surface area contributed by atoms with Gasteiger partial charge in [0.05, 0.1) is 13.2 Å². The Labute approximate surface area is 168 Å². The van der Waals surface area contributed by atoms with Crippen LogP contribution in [0.1, 0.15) is 18.6 Å². The Morgan fingerprint density at radius 3 is 2.52 bits per heavy atom. The van der Waals surface area contributed by atoms with Crippen LogP contribution >= 0.6 is 0 Å². The maximum absolute atomic E-state index is 12.4. The van der Waals surface area contributed by atoms with E-state index in [1.807, 2.05) is 29.1 Å². The molecule has 1 N–H and O–H groups in total. The zero-order valence-corrected chi connectivity index (χ0v) is 16.5. The SMILES string of the molecule is CNC(=O)N1CCC(COc2coc(Cn3cc4ccccc4c3)cc2=O)CC1. The lowest BCUT2D eigenvalue weighted by Crippen LogP contribution is -2.44. The zero-order valence-electron chi connectivity index (χ0n) is 16.5. The minimum absolute atomic E-state index is 0.0452. The number of aromatic nitrogens is 1. The molecule has 3 heterocycles. The van der Waals surface area contributed by atoms with Crippen LogP contribution in [0.5, 0.6) is 5.75 Å². The van der Waals surface area contributed by atoms with Crippen molar-refractivity contribution in [1.82, 2.24) is 14.8 Å². The number of likely N-dealkylation sites (tertiary alicyclic amines) is 1. The number of benzene rings is 1. The molecule has 2 amide bonds. The van der Waals surface area contributed by atoms with Gasteiger partial charge in [-0.1, -0.05) is 24.3 Å². The van der Waals surface area contributed by atoms with Crippen molar-refractivity contribution in [2.75, 3.05) is 26.7 Å². The number of rotatable bonds is 5. The largest absolute Gasteiger partial charge is 0.486 e. The van der Waals surface area contributed by atoms with Gasteiger partial charge in [0.2, 0.25) is 11.2 Å². The summed E-state index contributed by atoms with van der Waals surface area (Å²) < 4.78 is 13.4. The number of fused-ring (bicyclic) bond motifs is 1. The topological polar surface area (TPSA) is 76.7 Å². The van der Waals surface area contributed by atoms with Crippen LogP contribution < -0.4 is 15.5 Å². The minimum atomic E-state index is -0.175. The van der Waals surface area contributed by atoms with Crippen molar-refractivity contribution in [2.45, 2.75) is 19.4 Å². The molecule has 4 rings (SSSR count). The Kier molecular flexibility index (Phi) is 5.55. The highest BCUT2D eigenvalue weighted by Gasteiger charge is 2.22. The fourth-order valence-corrected chi connectivity index (χ4v) is 3.71. The van der Waals surface area contributed by atoms with Crippen molar-refractivity contribution in [3.63, 3.8) is 0 Å². The zero-order chi connectivity index (χ0) is 20.2. The second kappa shape index (κ2) is 8.43. The molecule has 7 heteroatoms. The maximum Gasteiger partial charge on any atom is 0.317 e. The second-order valence-corrected chi connectivity index (χ2v) is 7.43. The van der Waals surface area contributed by atoms with Crippen molar-refractivity contribution in [2.24, 2.45) is 5.92 Å². The number of carbonyl (C=O) groups excluding carboxylic acids is 1. The molecule has 1 aliphatic rings. The third-order valence-corrected chi connectivity index (χ3v) is 5.39. The highest BCUT2D eigenvalue weighted by molar-refractivity contribution is 5.82. The van der Waals surface area contributed by atoms with Gasteiger partial charge in [-0.25, -0.2) is 4.79 Å². The lowest BCUT2D eigenvalue weighted by molar-refractivity contribution is 0.145. The summed E-state index contributed by atoms with van der Waals surface area (Å²) in [7, 11) is 1.64. The van der Waals surface area contributed by atoms with Gasteiger partial charge in [0.15, 0.2) is 0 Å².